The van der Waals surface area contributed by atoms with E-state index in [4.69, 9.17) is 11.6 Å². The maximum atomic E-state index is 12.3. The highest BCUT2D eigenvalue weighted by Crippen LogP contribution is 2.17. The Hall–Kier alpha value is -1.11. The Balaban J connectivity index is 2.75. The van der Waals surface area contributed by atoms with Crippen molar-refractivity contribution in [3.8, 4) is 0 Å². The molecule has 21 heavy (non-hydrogen) atoms. The van der Waals surface area contributed by atoms with Gasteiger partial charge in [0.1, 0.15) is 0 Å². The molecule has 0 spiro atoms. The molecule has 0 aromatic heterocycles. The third-order valence-corrected chi connectivity index (χ3v) is 5.22. The maximum Gasteiger partial charge on any atom is 0.243 e. The molecule has 1 amide bonds. The van der Waals surface area contributed by atoms with Gasteiger partial charge in [0.2, 0.25) is 15.9 Å². The number of unbranched alkanes of at least 4 members (excludes halogenated alkanes) is 1. The second-order valence-electron chi connectivity index (χ2n) is 4.88. The lowest BCUT2D eigenvalue weighted by molar-refractivity contribution is -0.129. The molecule has 1 aromatic carbocycles. The van der Waals surface area contributed by atoms with Crippen LogP contribution in [0.15, 0.2) is 29.2 Å². The molecule has 0 atom stereocenters. The van der Waals surface area contributed by atoms with Gasteiger partial charge in [-0.15, -0.1) is 0 Å². The highest BCUT2D eigenvalue weighted by Gasteiger charge is 2.23. The number of halogens is 1. The van der Waals surface area contributed by atoms with Gasteiger partial charge in [-0.25, -0.2) is 8.42 Å². The first-order valence-corrected chi connectivity index (χ1v) is 8.56. The van der Waals surface area contributed by atoms with Crippen LogP contribution in [0.1, 0.15) is 19.8 Å². The molecule has 0 saturated carbocycles. The predicted molar refractivity (Wildman–Crippen MR) is 83.8 cm³/mol. The van der Waals surface area contributed by atoms with Crippen LogP contribution in [0.2, 0.25) is 5.02 Å². The zero-order chi connectivity index (χ0) is 16.0. The maximum absolute atomic E-state index is 12.3. The number of hydrogen-bond acceptors (Lipinski definition) is 3. The quantitative estimate of drug-likeness (QED) is 0.769. The SMILES string of the molecule is CCCCN(C)C(=O)CN(C)S(=O)(=O)c1ccc(Cl)cc1. The first-order chi connectivity index (χ1) is 9.78. The number of amides is 1. The summed E-state index contributed by atoms with van der Waals surface area (Å²) < 4.78 is 25.7. The van der Waals surface area contributed by atoms with Gasteiger partial charge in [0.15, 0.2) is 0 Å². The van der Waals surface area contributed by atoms with Crippen molar-refractivity contribution in [1.82, 2.24) is 9.21 Å². The third-order valence-electron chi connectivity index (χ3n) is 3.15. The van der Waals surface area contributed by atoms with Gasteiger partial charge in [0, 0.05) is 25.7 Å². The van der Waals surface area contributed by atoms with Crippen LogP contribution < -0.4 is 0 Å². The number of hydrogen-bond donors (Lipinski definition) is 0. The minimum Gasteiger partial charge on any atom is -0.345 e. The molecule has 0 N–H and O–H groups in total. The van der Waals surface area contributed by atoms with Crippen LogP contribution in [0.25, 0.3) is 0 Å². The second-order valence-corrected chi connectivity index (χ2v) is 7.37. The Labute approximate surface area is 131 Å². The lowest BCUT2D eigenvalue weighted by atomic mass is 10.3. The van der Waals surface area contributed by atoms with Crippen LogP contribution in [0.4, 0.5) is 0 Å². The topological polar surface area (TPSA) is 57.7 Å². The monoisotopic (exact) mass is 332 g/mol. The zero-order valence-corrected chi connectivity index (χ0v) is 14.1. The average molecular weight is 333 g/mol. The molecule has 0 heterocycles. The molecule has 0 aliphatic heterocycles. The van der Waals surface area contributed by atoms with Crippen molar-refractivity contribution >= 4 is 27.5 Å². The van der Waals surface area contributed by atoms with E-state index in [0.29, 0.717) is 11.6 Å². The third kappa shape index (κ3) is 4.98. The van der Waals surface area contributed by atoms with Crippen molar-refractivity contribution in [3.63, 3.8) is 0 Å². The molecule has 1 aromatic rings. The van der Waals surface area contributed by atoms with Crippen molar-refractivity contribution in [2.24, 2.45) is 0 Å². The standard InChI is InChI=1S/C14H21ClN2O3S/c1-4-5-10-16(2)14(18)11-17(3)21(19,20)13-8-6-12(15)7-9-13/h6-9H,4-5,10-11H2,1-3H3. The van der Waals surface area contributed by atoms with E-state index in [0.717, 1.165) is 17.1 Å². The Morgan fingerprint density at radius 3 is 2.29 bits per heavy atom. The molecular formula is C14H21ClN2O3S. The molecule has 0 bridgehead atoms. The minimum absolute atomic E-state index is 0.124. The van der Waals surface area contributed by atoms with Gasteiger partial charge in [0.05, 0.1) is 11.4 Å². The molecule has 0 unspecified atom stereocenters. The van der Waals surface area contributed by atoms with Crippen LogP contribution in [0.5, 0.6) is 0 Å². The number of benzene rings is 1. The highest BCUT2D eigenvalue weighted by atomic mass is 35.5. The van der Waals surface area contributed by atoms with E-state index in [1.807, 2.05) is 6.92 Å². The van der Waals surface area contributed by atoms with E-state index in [2.05, 4.69) is 0 Å². The average Bonchev–Trinajstić information content (AvgIpc) is 2.44. The van der Waals surface area contributed by atoms with Crippen molar-refractivity contribution in [1.29, 1.82) is 0 Å². The Kier molecular flexibility index (Phi) is 6.64. The molecule has 0 radical (unpaired) electrons. The van der Waals surface area contributed by atoms with Crippen molar-refractivity contribution < 1.29 is 13.2 Å². The van der Waals surface area contributed by atoms with Crippen LogP contribution in [-0.4, -0.2) is 50.7 Å². The summed E-state index contributed by atoms with van der Waals surface area (Å²) in [6, 6.07) is 5.88. The largest absolute Gasteiger partial charge is 0.345 e. The number of nitrogens with zero attached hydrogens (tertiary/aromatic N) is 2. The number of sulfonamides is 1. The fraction of sp³-hybridized carbons (Fsp3) is 0.500. The first-order valence-electron chi connectivity index (χ1n) is 6.75. The van der Waals surface area contributed by atoms with E-state index < -0.39 is 10.0 Å². The normalized spacial score (nSPS) is 11.7. The van der Waals surface area contributed by atoms with Gasteiger partial charge < -0.3 is 4.90 Å². The first kappa shape index (κ1) is 17.9. The van der Waals surface area contributed by atoms with Crippen molar-refractivity contribution in [2.75, 3.05) is 27.2 Å². The lowest BCUT2D eigenvalue weighted by Gasteiger charge is -2.21. The second kappa shape index (κ2) is 7.77. The molecule has 0 aliphatic carbocycles. The fourth-order valence-electron chi connectivity index (χ4n) is 1.70. The van der Waals surface area contributed by atoms with Crippen LogP contribution in [-0.2, 0) is 14.8 Å². The summed E-state index contributed by atoms with van der Waals surface area (Å²) in [6.45, 7) is 2.49. The summed E-state index contributed by atoms with van der Waals surface area (Å²) in [4.78, 5) is 13.7. The minimum atomic E-state index is -3.68. The van der Waals surface area contributed by atoms with Crippen LogP contribution in [0, 0.1) is 0 Å². The summed E-state index contributed by atoms with van der Waals surface area (Å²) >= 11 is 5.75. The Morgan fingerprint density at radius 2 is 1.76 bits per heavy atom. The van der Waals surface area contributed by atoms with Gasteiger partial charge in [-0.1, -0.05) is 24.9 Å². The van der Waals surface area contributed by atoms with Gasteiger partial charge >= 0.3 is 0 Å². The summed E-state index contributed by atoms with van der Waals surface area (Å²) in [7, 11) is -0.598. The van der Waals surface area contributed by atoms with E-state index in [1.54, 1.807) is 11.9 Å². The Morgan fingerprint density at radius 1 is 1.19 bits per heavy atom. The Bertz CT molecular complexity index is 572. The van der Waals surface area contributed by atoms with Crippen LogP contribution in [0.3, 0.4) is 0 Å². The summed E-state index contributed by atoms with van der Waals surface area (Å²) in [6.07, 6.45) is 1.88. The van der Waals surface area contributed by atoms with E-state index in [-0.39, 0.29) is 17.3 Å². The lowest BCUT2D eigenvalue weighted by Crippen LogP contribution is -2.39. The van der Waals surface area contributed by atoms with Crippen molar-refractivity contribution in [2.45, 2.75) is 24.7 Å². The predicted octanol–water partition coefficient (Wildman–Crippen LogP) is 2.22. The fourth-order valence-corrected chi connectivity index (χ4v) is 2.95. The highest BCUT2D eigenvalue weighted by molar-refractivity contribution is 7.89. The van der Waals surface area contributed by atoms with E-state index in [1.165, 1.54) is 31.3 Å². The van der Waals surface area contributed by atoms with Crippen molar-refractivity contribution in [3.05, 3.63) is 29.3 Å². The molecule has 7 heteroatoms. The number of carbonyl (C=O) groups excluding carboxylic acids is 1. The molecule has 118 valence electrons. The molecule has 0 saturated heterocycles. The summed E-state index contributed by atoms with van der Waals surface area (Å²) in [5.41, 5.74) is 0. The smallest absolute Gasteiger partial charge is 0.243 e. The molecule has 0 aliphatic rings. The molecular weight excluding hydrogens is 312 g/mol. The number of carbonyl (C=O) groups is 1. The van der Waals surface area contributed by atoms with Gasteiger partial charge in [-0.3, -0.25) is 4.79 Å². The molecule has 5 nitrogen and oxygen atoms in total. The molecule has 1 rings (SSSR count). The summed E-state index contributed by atoms with van der Waals surface area (Å²) in [5, 5.41) is 0.465. The van der Waals surface area contributed by atoms with Crippen LogP contribution >= 0.6 is 11.6 Å². The van der Waals surface area contributed by atoms with E-state index >= 15 is 0 Å². The van der Waals surface area contributed by atoms with E-state index in [9.17, 15) is 13.2 Å². The van der Waals surface area contributed by atoms with Gasteiger partial charge in [-0.05, 0) is 30.7 Å². The summed E-state index contributed by atoms with van der Waals surface area (Å²) in [5.74, 6) is -0.219. The molecule has 0 fully saturated rings. The zero-order valence-electron chi connectivity index (χ0n) is 12.5. The van der Waals surface area contributed by atoms with Gasteiger partial charge in [0.25, 0.3) is 0 Å². The number of likely N-dealkylation sites (N-methyl/N-ethyl adjacent to an activating group) is 2. The van der Waals surface area contributed by atoms with Gasteiger partial charge in [-0.2, -0.15) is 4.31 Å². The number of rotatable bonds is 7.